The zero-order chi connectivity index (χ0) is 14.5. The van der Waals surface area contributed by atoms with Gasteiger partial charge in [0.1, 0.15) is 0 Å². The first-order valence-electron chi connectivity index (χ1n) is 9.74. The first-order valence-corrected chi connectivity index (χ1v) is 9.74. The highest BCUT2D eigenvalue weighted by Gasteiger charge is 2.32. The fourth-order valence-corrected chi connectivity index (χ4v) is 5.21. The molecule has 0 saturated heterocycles. The lowest BCUT2D eigenvalue weighted by Crippen LogP contribution is -2.44. The summed E-state index contributed by atoms with van der Waals surface area (Å²) in [7, 11) is 0. The Hall–Kier alpha value is -0.0800. The standard InChI is InChI=1S/C19H35NO/c21-17-12-10-15(11-13-17)14-20-19-9-5-4-8-18(19)16-6-2-1-3-7-16/h15-21H,1-14H2. The largest absolute Gasteiger partial charge is 0.393 e. The molecule has 0 radical (unpaired) electrons. The molecule has 2 unspecified atom stereocenters. The minimum absolute atomic E-state index is 0.00841. The Morgan fingerprint density at radius 1 is 0.714 bits per heavy atom. The number of hydrogen-bond acceptors (Lipinski definition) is 2. The summed E-state index contributed by atoms with van der Waals surface area (Å²) in [5.41, 5.74) is 0. The topological polar surface area (TPSA) is 32.3 Å². The lowest BCUT2D eigenvalue weighted by Gasteiger charge is -2.40. The summed E-state index contributed by atoms with van der Waals surface area (Å²) in [6.07, 6.45) is 17.7. The van der Waals surface area contributed by atoms with Gasteiger partial charge in [0.2, 0.25) is 0 Å². The van der Waals surface area contributed by atoms with Crippen LogP contribution in [0, 0.1) is 17.8 Å². The van der Waals surface area contributed by atoms with Gasteiger partial charge in [-0.05, 0) is 62.8 Å². The molecular formula is C19H35NO. The monoisotopic (exact) mass is 293 g/mol. The van der Waals surface area contributed by atoms with Gasteiger partial charge in [-0.2, -0.15) is 0 Å². The van der Waals surface area contributed by atoms with Crippen LogP contribution >= 0.6 is 0 Å². The van der Waals surface area contributed by atoms with Crippen molar-refractivity contribution < 1.29 is 5.11 Å². The second kappa shape index (κ2) is 7.97. The van der Waals surface area contributed by atoms with E-state index in [1.165, 1.54) is 77.2 Å². The Balaban J connectivity index is 1.47. The second-order valence-corrected chi connectivity index (χ2v) is 8.04. The highest BCUT2D eigenvalue weighted by atomic mass is 16.3. The van der Waals surface area contributed by atoms with E-state index in [1.54, 1.807) is 0 Å². The van der Waals surface area contributed by atoms with E-state index in [9.17, 15) is 5.11 Å². The van der Waals surface area contributed by atoms with Gasteiger partial charge in [-0.1, -0.05) is 44.9 Å². The minimum atomic E-state index is -0.00841. The predicted octanol–water partition coefficient (Wildman–Crippen LogP) is 4.27. The average molecular weight is 293 g/mol. The van der Waals surface area contributed by atoms with Gasteiger partial charge in [0.25, 0.3) is 0 Å². The summed E-state index contributed by atoms with van der Waals surface area (Å²) in [5.74, 6) is 2.81. The molecule has 0 aromatic heterocycles. The summed E-state index contributed by atoms with van der Waals surface area (Å²) >= 11 is 0. The van der Waals surface area contributed by atoms with Crippen molar-refractivity contribution in [2.45, 2.75) is 95.6 Å². The maximum atomic E-state index is 9.64. The molecule has 0 aromatic carbocycles. The van der Waals surface area contributed by atoms with E-state index in [0.717, 1.165) is 36.6 Å². The molecule has 3 saturated carbocycles. The van der Waals surface area contributed by atoms with E-state index in [2.05, 4.69) is 5.32 Å². The van der Waals surface area contributed by atoms with Crippen molar-refractivity contribution in [2.24, 2.45) is 17.8 Å². The van der Waals surface area contributed by atoms with Crippen molar-refractivity contribution >= 4 is 0 Å². The van der Waals surface area contributed by atoms with Crippen LogP contribution in [0.4, 0.5) is 0 Å². The van der Waals surface area contributed by atoms with Crippen molar-refractivity contribution in [3.05, 3.63) is 0 Å². The lowest BCUT2D eigenvalue weighted by atomic mass is 9.71. The summed E-state index contributed by atoms with van der Waals surface area (Å²) in [6, 6.07) is 0.800. The van der Waals surface area contributed by atoms with Gasteiger partial charge in [0.15, 0.2) is 0 Å². The molecule has 2 atom stereocenters. The molecular weight excluding hydrogens is 258 g/mol. The third-order valence-corrected chi connectivity index (χ3v) is 6.56. The van der Waals surface area contributed by atoms with Crippen LogP contribution < -0.4 is 5.32 Å². The smallest absolute Gasteiger partial charge is 0.0540 e. The summed E-state index contributed by atoms with van der Waals surface area (Å²) in [5, 5.41) is 13.6. The highest BCUT2D eigenvalue weighted by molar-refractivity contribution is 4.87. The highest BCUT2D eigenvalue weighted by Crippen LogP contribution is 2.38. The van der Waals surface area contributed by atoms with Crippen LogP contribution in [0.2, 0.25) is 0 Å². The van der Waals surface area contributed by atoms with Gasteiger partial charge in [-0.3, -0.25) is 0 Å². The summed E-state index contributed by atoms with van der Waals surface area (Å²) in [4.78, 5) is 0. The molecule has 0 heterocycles. The van der Waals surface area contributed by atoms with Gasteiger partial charge >= 0.3 is 0 Å². The molecule has 2 nitrogen and oxygen atoms in total. The van der Waals surface area contributed by atoms with Crippen LogP contribution in [0.5, 0.6) is 0 Å². The normalized spacial score (nSPS) is 39.3. The van der Waals surface area contributed by atoms with E-state index >= 15 is 0 Å². The first-order chi connectivity index (χ1) is 10.3. The fraction of sp³-hybridized carbons (Fsp3) is 1.00. The van der Waals surface area contributed by atoms with Crippen molar-refractivity contribution in [3.63, 3.8) is 0 Å². The summed E-state index contributed by atoms with van der Waals surface area (Å²) in [6.45, 7) is 1.21. The Bertz CT molecular complexity index is 292. The number of aliphatic hydroxyl groups excluding tert-OH is 1. The Kier molecular flexibility index (Phi) is 5.99. The number of hydrogen-bond donors (Lipinski definition) is 2. The molecule has 0 amide bonds. The van der Waals surface area contributed by atoms with Crippen LogP contribution in [0.3, 0.4) is 0 Å². The predicted molar refractivity (Wildman–Crippen MR) is 88.3 cm³/mol. The molecule has 0 aromatic rings. The maximum Gasteiger partial charge on any atom is 0.0540 e. The van der Waals surface area contributed by atoms with Crippen LogP contribution in [0.1, 0.15) is 83.5 Å². The zero-order valence-electron chi connectivity index (χ0n) is 13.7. The molecule has 0 aliphatic heterocycles. The summed E-state index contributed by atoms with van der Waals surface area (Å²) < 4.78 is 0. The van der Waals surface area contributed by atoms with E-state index in [1.807, 2.05) is 0 Å². The first kappa shape index (κ1) is 15.8. The molecule has 0 spiro atoms. The molecule has 122 valence electrons. The van der Waals surface area contributed by atoms with E-state index < -0.39 is 0 Å². The van der Waals surface area contributed by atoms with Crippen molar-refractivity contribution in [1.82, 2.24) is 5.32 Å². The van der Waals surface area contributed by atoms with Crippen LogP contribution in [-0.4, -0.2) is 23.8 Å². The van der Waals surface area contributed by atoms with Crippen molar-refractivity contribution in [3.8, 4) is 0 Å². The quantitative estimate of drug-likeness (QED) is 0.811. The minimum Gasteiger partial charge on any atom is -0.393 e. The fourth-order valence-electron chi connectivity index (χ4n) is 5.21. The van der Waals surface area contributed by atoms with E-state index in [4.69, 9.17) is 0 Å². The lowest BCUT2D eigenvalue weighted by molar-refractivity contribution is 0.101. The van der Waals surface area contributed by atoms with Gasteiger partial charge in [0, 0.05) is 6.04 Å². The molecule has 0 bridgehead atoms. The van der Waals surface area contributed by atoms with Gasteiger partial charge < -0.3 is 10.4 Å². The van der Waals surface area contributed by atoms with Crippen molar-refractivity contribution in [1.29, 1.82) is 0 Å². The van der Waals surface area contributed by atoms with Crippen LogP contribution in [-0.2, 0) is 0 Å². The molecule has 3 rings (SSSR count). The molecule has 3 fully saturated rings. The average Bonchev–Trinajstić information content (AvgIpc) is 2.55. The molecule has 21 heavy (non-hydrogen) atoms. The third-order valence-electron chi connectivity index (χ3n) is 6.56. The molecule has 3 aliphatic carbocycles. The molecule has 2 heteroatoms. The molecule has 2 N–H and O–H groups in total. The molecule has 3 aliphatic rings. The van der Waals surface area contributed by atoms with Gasteiger partial charge in [-0.15, -0.1) is 0 Å². The zero-order valence-corrected chi connectivity index (χ0v) is 13.7. The van der Waals surface area contributed by atoms with E-state index in [-0.39, 0.29) is 6.10 Å². The number of aliphatic hydroxyl groups is 1. The Morgan fingerprint density at radius 2 is 1.38 bits per heavy atom. The van der Waals surface area contributed by atoms with Crippen LogP contribution in [0.15, 0.2) is 0 Å². The van der Waals surface area contributed by atoms with Crippen molar-refractivity contribution in [2.75, 3.05) is 6.54 Å². The SMILES string of the molecule is OC1CCC(CNC2CCCCC2C2CCCCC2)CC1. The maximum absolute atomic E-state index is 9.64. The van der Waals surface area contributed by atoms with Gasteiger partial charge in [-0.25, -0.2) is 0 Å². The van der Waals surface area contributed by atoms with E-state index in [0.29, 0.717) is 0 Å². The number of nitrogens with one attached hydrogen (secondary N) is 1. The Labute approximate surface area is 131 Å². The van der Waals surface area contributed by atoms with Crippen LogP contribution in [0.25, 0.3) is 0 Å². The van der Waals surface area contributed by atoms with Gasteiger partial charge in [0.05, 0.1) is 6.10 Å². The number of rotatable bonds is 4. The second-order valence-electron chi connectivity index (χ2n) is 8.04. The third kappa shape index (κ3) is 4.45. The Morgan fingerprint density at radius 3 is 2.14 bits per heavy atom.